The van der Waals surface area contributed by atoms with Crippen LogP contribution in [0.5, 0.6) is 0 Å². The summed E-state index contributed by atoms with van der Waals surface area (Å²) in [6, 6.07) is 0.156. The molecule has 4 amide bonds. The standard InChI is InChI=1S/C21H34N4O3/c26-19-9-5-12-24(19)17-10-14-23(15-11-17)21(28)22-18-8-4-13-25(20(18)27)16-6-2-1-3-7-16/h16-18H,1-15H2,(H,22,28). The molecule has 0 bridgehead atoms. The number of hydrogen-bond acceptors (Lipinski definition) is 3. The summed E-state index contributed by atoms with van der Waals surface area (Å²) in [6.07, 6.45) is 10.9. The minimum atomic E-state index is -0.374. The highest BCUT2D eigenvalue weighted by atomic mass is 16.2. The number of carbonyl (C=O) groups excluding carboxylic acids is 3. The number of urea groups is 1. The third-order valence-electron chi connectivity index (χ3n) is 7.09. The summed E-state index contributed by atoms with van der Waals surface area (Å²) >= 11 is 0. The van der Waals surface area contributed by atoms with E-state index in [2.05, 4.69) is 5.32 Å². The van der Waals surface area contributed by atoms with Gasteiger partial charge in [0.2, 0.25) is 11.8 Å². The molecule has 1 unspecified atom stereocenters. The zero-order valence-corrected chi connectivity index (χ0v) is 16.9. The molecule has 0 spiro atoms. The van der Waals surface area contributed by atoms with E-state index >= 15 is 0 Å². The lowest BCUT2D eigenvalue weighted by molar-refractivity contribution is -0.139. The Hall–Kier alpha value is -1.79. The normalized spacial score (nSPS) is 28.1. The van der Waals surface area contributed by atoms with Crippen molar-refractivity contribution in [2.45, 2.75) is 88.8 Å². The van der Waals surface area contributed by atoms with Crippen molar-refractivity contribution in [1.29, 1.82) is 0 Å². The Balaban J connectivity index is 1.27. The first-order valence-corrected chi connectivity index (χ1v) is 11.3. The first kappa shape index (κ1) is 19.5. The number of piperidine rings is 2. The summed E-state index contributed by atoms with van der Waals surface area (Å²) in [7, 11) is 0. The van der Waals surface area contributed by atoms with Gasteiger partial charge in [0.05, 0.1) is 0 Å². The number of nitrogens with one attached hydrogen (secondary N) is 1. The molecule has 3 aliphatic heterocycles. The van der Waals surface area contributed by atoms with Crippen molar-refractivity contribution in [3.8, 4) is 0 Å². The Bertz CT molecular complexity index is 596. The summed E-state index contributed by atoms with van der Waals surface area (Å²) < 4.78 is 0. The van der Waals surface area contributed by atoms with E-state index < -0.39 is 0 Å². The van der Waals surface area contributed by atoms with Gasteiger partial charge < -0.3 is 20.0 Å². The van der Waals surface area contributed by atoms with Crippen LogP contribution in [0, 0.1) is 0 Å². The summed E-state index contributed by atoms with van der Waals surface area (Å²) in [4.78, 5) is 43.5. The second-order valence-corrected chi connectivity index (χ2v) is 8.88. The molecule has 0 aromatic rings. The van der Waals surface area contributed by atoms with Crippen LogP contribution in [0.15, 0.2) is 0 Å². The Kier molecular flexibility index (Phi) is 6.07. The maximum absolute atomic E-state index is 13.0. The third kappa shape index (κ3) is 4.13. The lowest BCUT2D eigenvalue weighted by Gasteiger charge is -2.41. The zero-order chi connectivity index (χ0) is 19.5. The van der Waals surface area contributed by atoms with Crippen molar-refractivity contribution in [3.05, 3.63) is 0 Å². The van der Waals surface area contributed by atoms with Crippen molar-refractivity contribution < 1.29 is 14.4 Å². The van der Waals surface area contributed by atoms with Crippen LogP contribution in [-0.4, -0.2) is 76.8 Å². The Morgan fingerprint density at radius 1 is 0.750 bits per heavy atom. The largest absolute Gasteiger partial charge is 0.340 e. The van der Waals surface area contributed by atoms with Crippen LogP contribution in [0.25, 0.3) is 0 Å². The van der Waals surface area contributed by atoms with E-state index in [1.807, 2.05) is 14.7 Å². The first-order chi connectivity index (χ1) is 13.6. The van der Waals surface area contributed by atoms with E-state index in [-0.39, 0.29) is 29.9 Å². The quantitative estimate of drug-likeness (QED) is 0.802. The van der Waals surface area contributed by atoms with E-state index in [0.717, 1.165) is 58.0 Å². The van der Waals surface area contributed by atoms with Crippen molar-refractivity contribution in [2.24, 2.45) is 0 Å². The molecule has 4 rings (SSSR count). The lowest BCUT2D eigenvalue weighted by Crippen LogP contribution is -2.58. The van der Waals surface area contributed by atoms with Crippen molar-refractivity contribution >= 4 is 17.8 Å². The van der Waals surface area contributed by atoms with Gasteiger partial charge in [-0.25, -0.2) is 4.79 Å². The van der Waals surface area contributed by atoms with Crippen LogP contribution in [0.1, 0.15) is 70.6 Å². The molecule has 4 fully saturated rings. The predicted octanol–water partition coefficient (Wildman–Crippen LogP) is 2.11. The van der Waals surface area contributed by atoms with Crippen LogP contribution in [-0.2, 0) is 9.59 Å². The summed E-state index contributed by atoms with van der Waals surface area (Å²) in [5.74, 6) is 0.377. The Labute approximate surface area is 167 Å². The van der Waals surface area contributed by atoms with Gasteiger partial charge in [-0.15, -0.1) is 0 Å². The molecule has 0 aromatic carbocycles. The van der Waals surface area contributed by atoms with Crippen LogP contribution in [0.3, 0.4) is 0 Å². The first-order valence-electron chi connectivity index (χ1n) is 11.3. The lowest BCUT2D eigenvalue weighted by atomic mass is 9.91. The number of amides is 4. The maximum atomic E-state index is 13.0. The molecule has 3 saturated heterocycles. The van der Waals surface area contributed by atoms with E-state index in [9.17, 15) is 14.4 Å². The molecule has 7 heteroatoms. The number of carbonyl (C=O) groups is 3. The minimum absolute atomic E-state index is 0.115. The molecular formula is C21H34N4O3. The molecule has 28 heavy (non-hydrogen) atoms. The van der Waals surface area contributed by atoms with Crippen molar-refractivity contribution in [2.75, 3.05) is 26.2 Å². The van der Waals surface area contributed by atoms with Crippen LogP contribution < -0.4 is 5.32 Å². The van der Waals surface area contributed by atoms with Gasteiger partial charge in [-0.3, -0.25) is 9.59 Å². The van der Waals surface area contributed by atoms with Crippen LogP contribution in [0.2, 0.25) is 0 Å². The summed E-state index contributed by atoms with van der Waals surface area (Å²) in [5, 5.41) is 3.02. The average Bonchev–Trinajstić information content (AvgIpc) is 3.16. The fourth-order valence-corrected chi connectivity index (χ4v) is 5.46. The smallest absolute Gasteiger partial charge is 0.318 e. The van der Waals surface area contributed by atoms with Gasteiger partial charge in [0.15, 0.2) is 0 Å². The Morgan fingerprint density at radius 3 is 2.11 bits per heavy atom. The Morgan fingerprint density at radius 2 is 1.43 bits per heavy atom. The number of nitrogens with zero attached hydrogens (tertiary/aromatic N) is 3. The van der Waals surface area contributed by atoms with E-state index in [1.54, 1.807) is 0 Å². The SMILES string of the molecule is O=C(NC1CCCN(C2CCCCC2)C1=O)N1CCC(N2CCCC2=O)CC1. The molecule has 1 aliphatic carbocycles. The topological polar surface area (TPSA) is 73.0 Å². The fraction of sp³-hybridized carbons (Fsp3) is 0.857. The molecule has 1 saturated carbocycles. The molecular weight excluding hydrogens is 356 g/mol. The van der Waals surface area contributed by atoms with E-state index in [0.29, 0.717) is 25.6 Å². The number of likely N-dealkylation sites (tertiary alicyclic amines) is 3. The molecule has 0 radical (unpaired) electrons. The van der Waals surface area contributed by atoms with E-state index in [4.69, 9.17) is 0 Å². The zero-order valence-electron chi connectivity index (χ0n) is 16.9. The molecule has 1 N–H and O–H groups in total. The van der Waals surface area contributed by atoms with Gasteiger partial charge in [0.1, 0.15) is 6.04 Å². The second-order valence-electron chi connectivity index (χ2n) is 8.88. The molecule has 7 nitrogen and oxygen atoms in total. The number of rotatable bonds is 3. The van der Waals surface area contributed by atoms with Gasteiger partial charge in [-0.2, -0.15) is 0 Å². The summed E-state index contributed by atoms with van der Waals surface area (Å²) in [5.41, 5.74) is 0. The fourth-order valence-electron chi connectivity index (χ4n) is 5.46. The highest BCUT2D eigenvalue weighted by molar-refractivity contribution is 5.88. The number of hydrogen-bond donors (Lipinski definition) is 1. The van der Waals surface area contributed by atoms with Gasteiger partial charge in [0, 0.05) is 44.7 Å². The highest BCUT2D eigenvalue weighted by Gasteiger charge is 2.36. The van der Waals surface area contributed by atoms with Crippen molar-refractivity contribution in [1.82, 2.24) is 20.0 Å². The second kappa shape index (κ2) is 8.70. The molecule has 156 valence electrons. The minimum Gasteiger partial charge on any atom is -0.340 e. The van der Waals surface area contributed by atoms with Crippen LogP contribution in [0.4, 0.5) is 4.79 Å². The predicted molar refractivity (Wildman–Crippen MR) is 106 cm³/mol. The average molecular weight is 391 g/mol. The highest BCUT2D eigenvalue weighted by Crippen LogP contribution is 2.26. The third-order valence-corrected chi connectivity index (χ3v) is 7.09. The van der Waals surface area contributed by atoms with Gasteiger partial charge in [0.25, 0.3) is 0 Å². The monoisotopic (exact) mass is 390 g/mol. The molecule has 4 aliphatic rings. The summed E-state index contributed by atoms with van der Waals surface area (Å²) in [6.45, 7) is 3.02. The molecule has 3 heterocycles. The van der Waals surface area contributed by atoms with E-state index in [1.165, 1.54) is 19.3 Å². The van der Waals surface area contributed by atoms with Gasteiger partial charge >= 0.3 is 6.03 Å². The molecule has 1 atom stereocenters. The van der Waals surface area contributed by atoms with Crippen molar-refractivity contribution in [3.63, 3.8) is 0 Å². The van der Waals surface area contributed by atoms with Gasteiger partial charge in [-0.05, 0) is 44.9 Å². The maximum Gasteiger partial charge on any atom is 0.318 e. The van der Waals surface area contributed by atoms with Gasteiger partial charge in [-0.1, -0.05) is 19.3 Å². The van der Waals surface area contributed by atoms with Crippen LogP contribution >= 0.6 is 0 Å². The molecule has 0 aromatic heterocycles.